The van der Waals surface area contributed by atoms with Crippen LogP contribution in [-0.4, -0.2) is 92.9 Å². The lowest BCUT2D eigenvalue weighted by Crippen LogP contribution is -2.48. The van der Waals surface area contributed by atoms with Crippen molar-refractivity contribution in [3.05, 3.63) is 59.7 Å². The normalized spacial score (nSPS) is 22.6. The molecule has 0 aromatic heterocycles. The van der Waals surface area contributed by atoms with Gasteiger partial charge in [0, 0.05) is 39.3 Å². The second-order valence-corrected chi connectivity index (χ2v) is 9.04. The Kier molecular flexibility index (Phi) is 8.58. The Balaban J connectivity index is 1.25. The number of ether oxygens (including phenoxy) is 4. The molecule has 0 aliphatic carbocycles. The average molecular weight is 457 g/mol. The van der Waals surface area contributed by atoms with Crippen LogP contribution in [0.2, 0.25) is 0 Å². The molecule has 0 bridgehead atoms. The van der Waals surface area contributed by atoms with Gasteiger partial charge in [0.15, 0.2) is 0 Å². The van der Waals surface area contributed by atoms with E-state index in [9.17, 15) is 5.11 Å². The molecule has 2 aliphatic rings. The van der Waals surface area contributed by atoms with E-state index >= 15 is 0 Å². The first-order chi connectivity index (χ1) is 16.1. The van der Waals surface area contributed by atoms with Crippen LogP contribution in [0.4, 0.5) is 0 Å². The zero-order valence-corrected chi connectivity index (χ0v) is 19.6. The number of rotatable bonds is 9. The monoisotopic (exact) mass is 456 g/mol. The smallest absolute Gasteiger partial charge is 0.134 e. The van der Waals surface area contributed by atoms with Gasteiger partial charge in [-0.1, -0.05) is 24.3 Å². The van der Waals surface area contributed by atoms with E-state index in [4.69, 9.17) is 18.9 Å². The van der Waals surface area contributed by atoms with Crippen LogP contribution >= 0.6 is 0 Å². The Hall–Kier alpha value is -2.16. The van der Waals surface area contributed by atoms with Crippen LogP contribution in [0.15, 0.2) is 48.5 Å². The minimum atomic E-state index is -1.05. The van der Waals surface area contributed by atoms with E-state index in [-0.39, 0.29) is 13.2 Å². The largest absolute Gasteiger partial charge is 0.492 e. The van der Waals surface area contributed by atoms with Gasteiger partial charge in [-0.25, -0.2) is 0 Å². The highest BCUT2D eigenvalue weighted by atomic mass is 16.5. The van der Waals surface area contributed by atoms with Crippen molar-refractivity contribution in [2.75, 3.05) is 72.4 Å². The number of hydrogen-bond acceptors (Lipinski definition) is 7. The fraction of sp³-hybridized carbons (Fsp3) is 0.538. The SMILES string of the molecule is Cc1cccc(OC[C@]2(O)COCCN(Cc3ccc(OCCN4CCOCC4)cc3)C2)c1. The number of aryl methyl sites for hydroxylation is 1. The molecule has 2 heterocycles. The van der Waals surface area contributed by atoms with Gasteiger partial charge in [-0.2, -0.15) is 0 Å². The highest BCUT2D eigenvalue weighted by Crippen LogP contribution is 2.20. The molecule has 2 aromatic rings. The third-order valence-electron chi connectivity index (χ3n) is 6.05. The summed E-state index contributed by atoms with van der Waals surface area (Å²) < 4.78 is 22.9. The van der Waals surface area contributed by atoms with Crippen LogP contribution in [0.25, 0.3) is 0 Å². The second-order valence-electron chi connectivity index (χ2n) is 9.04. The van der Waals surface area contributed by atoms with Crippen LogP contribution in [0.1, 0.15) is 11.1 Å². The first-order valence-corrected chi connectivity index (χ1v) is 11.8. The van der Waals surface area contributed by atoms with E-state index in [2.05, 4.69) is 21.9 Å². The van der Waals surface area contributed by atoms with Crippen molar-refractivity contribution >= 4 is 0 Å². The molecule has 0 spiro atoms. The van der Waals surface area contributed by atoms with E-state index < -0.39 is 5.60 Å². The molecule has 2 aliphatic heterocycles. The summed E-state index contributed by atoms with van der Waals surface area (Å²) in [6.07, 6.45) is 0. The summed E-state index contributed by atoms with van der Waals surface area (Å²) in [7, 11) is 0. The molecule has 0 radical (unpaired) electrons. The molecular weight excluding hydrogens is 420 g/mol. The maximum Gasteiger partial charge on any atom is 0.134 e. The Morgan fingerprint density at radius 3 is 2.45 bits per heavy atom. The molecule has 0 saturated carbocycles. The van der Waals surface area contributed by atoms with Gasteiger partial charge in [0.05, 0.1) is 26.4 Å². The van der Waals surface area contributed by atoms with Gasteiger partial charge in [-0.05, 0) is 42.3 Å². The molecule has 7 heteroatoms. The first-order valence-electron chi connectivity index (χ1n) is 11.8. The van der Waals surface area contributed by atoms with Crippen LogP contribution in [0, 0.1) is 6.92 Å². The van der Waals surface area contributed by atoms with Crippen molar-refractivity contribution in [2.24, 2.45) is 0 Å². The lowest BCUT2D eigenvalue weighted by molar-refractivity contribution is -0.0646. The summed E-state index contributed by atoms with van der Waals surface area (Å²) in [6.45, 7) is 10.3. The first kappa shape index (κ1) is 24.0. The van der Waals surface area contributed by atoms with Gasteiger partial charge >= 0.3 is 0 Å². The lowest BCUT2D eigenvalue weighted by atomic mass is 10.1. The molecule has 7 nitrogen and oxygen atoms in total. The molecule has 0 amide bonds. The summed E-state index contributed by atoms with van der Waals surface area (Å²) in [6, 6.07) is 16.1. The zero-order chi connectivity index (χ0) is 22.9. The number of β-amino-alcohol motifs (C(OH)–C–C–N with tert-alkyl or cyclic N) is 1. The van der Waals surface area contributed by atoms with Crippen LogP contribution in [-0.2, 0) is 16.0 Å². The summed E-state index contributed by atoms with van der Waals surface area (Å²) in [4.78, 5) is 4.59. The minimum absolute atomic E-state index is 0.197. The van der Waals surface area contributed by atoms with Gasteiger partial charge in [-0.3, -0.25) is 9.80 Å². The van der Waals surface area contributed by atoms with E-state index in [0.717, 1.165) is 63.0 Å². The molecule has 2 fully saturated rings. The Bertz CT molecular complexity index is 856. The standard InChI is InChI=1S/C26H36N2O5/c1-22-3-2-4-25(17-22)33-21-26(29)19-28(11-15-31-20-26)18-23-5-7-24(8-6-23)32-16-12-27-9-13-30-14-10-27/h2-8,17,29H,9-16,18-21H2,1H3/t26-/m1/s1. The van der Waals surface area contributed by atoms with E-state index in [1.54, 1.807) is 0 Å². The molecule has 180 valence electrons. The van der Waals surface area contributed by atoms with E-state index in [1.165, 1.54) is 5.56 Å². The average Bonchev–Trinajstić information content (AvgIpc) is 3.01. The van der Waals surface area contributed by atoms with Crippen molar-refractivity contribution < 1.29 is 24.1 Å². The second kappa shape index (κ2) is 11.8. The predicted octanol–water partition coefficient (Wildman–Crippen LogP) is 2.35. The van der Waals surface area contributed by atoms with Gasteiger partial charge < -0.3 is 24.1 Å². The Labute approximate surface area is 196 Å². The fourth-order valence-electron chi connectivity index (χ4n) is 4.21. The maximum absolute atomic E-state index is 11.2. The maximum atomic E-state index is 11.2. The Morgan fingerprint density at radius 1 is 0.909 bits per heavy atom. The van der Waals surface area contributed by atoms with Crippen molar-refractivity contribution in [3.63, 3.8) is 0 Å². The van der Waals surface area contributed by atoms with E-state index in [1.807, 2.05) is 43.3 Å². The summed E-state index contributed by atoms with van der Waals surface area (Å²) in [5, 5.41) is 11.2. The quantitative estimate of drug-likeness (QED) is 0.621. The summed E-state index contributed by atoms with van der Waals surface area (Å²) in [5.74, 6) is 1.65. The lowest BCUT2D eigenvalue weighted by Gasteiger charge is -2.30. The van der Waals surface area contributed by atoms with Gasteiger partial charge in [0.1, 0.15) is 30.3 Å². The van der Waals surface area contributed by atoms with Gasteiger partial charge in [0.2, 0.25) is 0 Å². The highest BCUT2D eigenvalue weighted by Gasteiger charge is 2.33. The van der Waals surface area contributed by atoms with Crippen molar-refractivity contribution in [1.29, 1.82) is 0 Å². The number of morpholine rings is 1. The molecule has 1 N–H and O–H groups in total. The summed E-state index contributed by atoms with van der Waals surface area (Å²) >= 11 is 0. The molecule has 1 atom stereocenters. The topological polar surface area (TPSA) is 63.6 Å². The predicted molar refractivity (Wildman–Crippen MR) is 127 cm³/mol. The minimum Gasteiger partial charge on any atom is -0.492 e. The number of hydrogen-bond donors (Lipinski definition) is 1. The van der Waals surface area contributed by atoms with Crippen LogP contribution < -0.4 is 9.47 Å². The third kappa shape index (κ3) is 7.69. The third-order valence-corrected chi connectivity index (χ3v) is 6.05. The van der Waals surface area contributed by atoms with Crippen molar-refractivity contribution in [3.8, 4) is 11.5 Å². The molecular formula is C26H36N2O5. The van der Waals surface area contributed by atoms with Crippen molar-refractivity contribution in [1.82, 2.24) is 9.80 Å². The number of benzene rings is 2. The Morgan fingerprint density at radius 2 is 1.67 bits per heavy atom. The zero-order valence-electron chi connectivity index (χ0n) is 19.6. The molecule has 2 aromatic carbocycles. The fourth-order valence-corrected chi connectivity index (χ4v) is 4.21. The highest BCUT2D eigenvalue weighted by molar-refractivity contribution is 5.28. The summed E-state index contributed by atoms with van der Waals surface area (Å²) in [5.41, 5.74) is 1.26. The van der Waals surface area contributed by atoms with Crippen LogP contribution in [0.3, 0.4) is 0 Å². The number of nitrogens with zero attached hydrogens (tertiary/aromatic N) is 2. The molecule has 2 saturated heterocycles. The van der Waals surface area contributed by atoms with Crippen molar-refractivity contribution in [2.45, 2.75) is 19.1 Å². The molecule has 33 heavy (non-hydrogen) atoms. The molecule has 0 unspecified atom stereocenters. The van der Waals surface area contributed by atoms with E-state index in [0.29, 0.717) is 19.8 Å². The van der Waals surface area contributed by atoms with Gasteiger partial charge in [-0.15, -0.1) is 0 Å². The van der Waals surface area contributed by atoms with Crippen LogP contribution in [0.5, 0.6) is 11.5 Å². The van der Waals surface area contributed by atoms with Gasteiger partial charge in [0.25, 0.3) is 0 Å². The molecule has 4 rings (SSSR count). The number of aliphatic hydroxyl groups is 1.